The molecule has 3 heteroatoms. The van der Waals surface area contributed by atoms with Crippen molar-refractivity contribution in [2.24, 2.45) is 0 Å². The first-order chi connectivity index (χ1) is 11.7. The van der Waals surface area contributed by atoms with Crippen LogP contribution in [-0.2, 0) is 0 Å². The second-order valence-electron chi connectivity index (χ2n) is 5.93. The molecule has 0 aliphatic rings. The van der Waals surface area contributed by atoms with Gasteiger partial charge < -0.3 is 10.4 Å². The van der Waals surface area contributed by atoms with E-state index >= 15 is 0 Å². The van der Waals surface area contributed by atoms with Crippen molar-refractivity contribution in [1.82, 2.24) is 10.3 Å². The fourth-order valence-corrected chi connectivity index (χ4v) is 2.72. The third kappa shape index (κ3) is 4.07. The maximum atomic E-state index is 10.5. The van der Waals surface area contributed by atoms with Gasteiger partial charge in [-0.05, 0) is 30.2 Å². The third-order valence-electron chi connectivity index (χ3n) is 4.09. The SMILES string of the molecule is Cc1ccc([C@H](O)CN[C@@H](c2ccccc2)c2ccccn2)cc1. The highest BCUT2D eigenvalue weighted by Crippen LogP contribution is 2.21. The van der Waals surface area contributed by atoms with Crippen LogP contribution in [0.4, 0.5) is 0 Å². The Bertz CT molecular complexity index is 702. The molecule has 0 saturated carbocycles. The van der Waals surface area contributed by atoms with Gasteiger partial charge in [-0.1, -0.05) is 66.2 Å². The monoisotopic (exact) mass is 318 g/mol. The van der Waals surface area contributed by atoms with Crippen LogP contribution < -0.4 is 5.32 Å². The standard InChI is InChI=1S/C21H22N2O/c1-16-10-12-17(13-11-16)20(24)15-23-21(18-7-3-2-4-8-18)19-9-5-6-14-22-19/h2-14,20-21,23-24H,15H2,1H3/t20-,21+/m1/s1. The summed E-state index contributed by atoms with van der Waals surface area (Å²) in [6, 6.07) is 24.0. The van der Waals surface area contributed by atoms with Crippen molar-refractivity contribution >= 4 is 0 Å². The number of pyridine rings is 1. The predicted molar refractivity (Wildman–Crippen MR) is 96.7 cm³/mol. The van der Waals surface area contributed by atoms with Crippen LogP contribution in [0.15, 0.2) is 79.0 Å². The Morgan fingerprint density at radius 3 is 2.25 bits per heavy atom. The molecule has 24 heavy (non-hydrogen) atoms. The second kappa shape index (κ2) is 7.86. The molecule has 0 amide bonds. The maximum Gasteiger partial charge on any atom is 0.0914 e. The Morgan fingerprint density at radius 1 is 0.875 bits per heavy atom. The molecule has 3 aromatic rings. The summed E-state index contributed by atoms with van der Waals surface area (Å²) < 4.78 is 0. The highest BCUT2D eigenvalue weighted by Gasteiger charge is 2.16. The lowest BCUT2D eigenvalue weighted by Gasteiger charge is -2.21. The van der Waals surface area contributed by atoms with Gasteiger partial charge in [0.2, 0.25) is 0 Å². The molecule has 0 aliphatic heterocycles. The van der Waals surface area contributed by atoms with Gasteiger partial charge in [0, 0.05) is 12.7 Å². The molecule has 1 heterocycles. The predicted octanol–water partition coefficient (Wildman–Crippen LogP) is 3.80. The zero-order valence-corrected chi connectivity index (χ0v) is 13.8. The lowest BCUT2D eigenvalue weighted by atomic mass is 10.0. The van der Waals surface area contributed by atoms with E-state index < -0.39 is 6.10 Å². The Balaban J connectivity index is 1.76. The first-order valence-corrected chi connectivity index (χ1v) is 8.18. The van der Waals surface area contributed by atoms with Crippen molar-refractivity contribution < 1.29 is 5.11 Å². The maximum absolute atomic E-state index is 10.5. The summed E-state index contributed by atoms with van der Waals surface area (Å²) in [6.45, 7) is 2.50. The van der Waals surface area contributed by atoms with Gasteiger partial charge in [0.05, 0.1) is 17.8 Å². The third-order valence-corrected chi connectivity index (χ3v) is 4.09. The second-order valence-corrected chi connectivity index (χ2v) is 5.93. The number of hydrogen-bond acceptors (Lipinski definition) is 3. The van der Waals surface area contributed by atoms with E-state index in [9.17, 15) is 5.11 Å². The number of aryl methyl sites for hydroxylation is 1. The van der Waals surface area contributed by atoms with Crippen LogP contribution in [-0.4, -0.2) is 16.6 Å². The minimum Gasteiger partial charge on any atom is -0.387 e. The molecule has 0 saturated heterocycles. The summed E-state index contributed by atoms with van der Waals surface area (Å²) >= 11 is 0. The van der Waals surface area contributed by atoms with Crippen LogP contribution in [0.3, 0.4) is 0 Å². The van der Waals surface area contributed by atoms with Crippen LogP contribution >= 0.6 is 0 Å². The zero-order valence-electron chi connectivity index (χ0n) is 13.8. The van der Waals surface area contributed by atoms with Crippen molar-refractivity contribution in [3.63, 3.8) is 0 Å². The minimum atomic E-state index is -0.555. The van der Waals surface area contributed by atoms with Crippen LogP contribution in [0.25, 0.3) is 0 Å². The summed E-state index contributed by atoms with van der Waals surface area (Å²) in [5, 5.41) is 13.9. The molecule has 3 rings (SSSR count). The van der Waals surface area contributed by atoms with Gasteiger partial charge in [-0.3, -0.25) is 4.98 Å². The topological polar surface area (TPSA) is 45.1 Å². The summed E-state index contributed by atoms with van der Waals surface area (Å²) in [5.74, 6) is 0. The van der Waals surface area contributed by atoms with Gasteiger partial charge in [0.15, 0.2) is 0 Å². The normalized spacial score (nSPS) is 13.4. The van der Waals surface area contributed by atoms with E-state index in [1.165, 1.54) is 5.56 Å². The highest BCUT2D eigenvalue weighted by molar-refractivity contribution is 5.28. The van der Waals surface area contributed by atoms with E-state index in [1.807, 2.05) is 67.6 Å². The van der Waals surface area contributed by atoms with Crippen molar-refractivity contribution in [1.29, 1.82) is 0 Å². The highest BCUT2D eigenvalue weighted by atomic mass is 16.3. The molecule has 0 bridgehead atoms. The minimum absolute atomic E-state index is 0.0486. The van der Waals surface area contributed by atoms with Crippen molar-refractivity contribution in [3.05, 3.63) is 101 Å². The molecule has 0 radical (unpaired) electrons. The molecule has 3 nitrogen and oxygen atoms in total. The number of nitrogens with zero attached hydrogens (tertiary/aromatic N) is 1. The van der Waals surface area contributed by atoms with Crippen LogP contribution in [0.1, 0.15) is 34.5 Å². The van der Waals surface area contributed by atoms with E-state index in [0.29, 0.717) is 6.54 Å². The molecule has 0 spiro atoms. The average molecular weight is 318 g/mol. The Labute approximate surface area is 143 Å². The Hall–Kier alpha value is -2.49. The van der Waals surface area contributed by atoms with Crippen molar-refractivity contribution in [2.75, 3.05) is 6.54 Å². The number of aliphatic hydroxyl groups excluding tert-OH is 1. The fraction of sp³-hybridized carbons (Fsp3) is 0.190. The van der Waals surface area contributed by atoms with Gasteiger partial charge >= 0.3 is 0 Å². The number of aromatic nitrogens is 1. The summed E-state index contributed by atoms with van der Waals surface area (Å²) in [6.07, 6.45) is 1.24. The quantitative estimate of drug-likeness (QED) is 0.726. The fourth-order valence-electron chi connectivity index (χ4n) is 2.72. The van der Waals surface area contributed by atoms with Crippen LogP contribution in [0.2, 0.25) is 0 Å². The molecule has 0 aliphatic carbocycles. The number of benzene rings is 2. The lowest BCUT2D eigenvalue weighted by molar-refractivity contribution is 0.171. The molecule has 2 N–H and O–H groups in total. The van der Waals surface area contributed by atoms with Gasteiger partial charge in [-0.25, -0.2) is 0 Å². The van der Waals surface area contributed by atoms with Crippen molar-refractivity contribution in [3.8, 4) is 0 Å². The number of nitrogens with one attached hydrogen (secondary N) is 1. The first kappa shape index (κ1) is 16.4. The molecular formula is C21H22N2O. The molecule has 122 valence electrons. The van der Waals surface area contributed by atoms with E-state index in [1.54, 1.807) is 6.20 Å². The first-order valence-electron chi connectivity index (χ1n) is 8.18. The van der Waals surface area contributed by atoms with Gasteiger partial charge in [0.1, 0.15) is 0 Å². The van der Waals surface area contributed by atoms with E-state index in [4.69, 9.17) is 0 Å². The summed E-state index contributed by atoms with van der Waals surface area (Å²) in [5.41, 5.74) is 4.18. The number of aliphatic hydroxyl groups is 1. The molecule has 1 aromatic heterocycles. The van der Waals surface area contributed by atoms with E-state index in [0.717, 1.165) is 16.8 Å². The number of rotatable bonds is 6. The van der Waals surface area contributed by atoms with E-state index in [2.05, 4.69) is 22.4 Å². The average Bonchev–Trinajstić information content (AvgIpc) is 2.64. The molecule has 2 atom stereocenters. The molecular weight excluding hydrogens is 296 g/mol. The van der Waals surface area contributed by atoms with Gasteiger partial charge in [0.25, 0.3) is 0 Å². The summed E-state index contributed by atoms with van der Waals surface area (Å²) in [4.78, 5) is 4.47. The Morgan fingerprint density at radius 2 is 1.58 bits per heavy atom. The molecule has 0 fully saturated rings. The van der Waals surface area contributed by atoms with Crippen LogP contribution in [0.5, 0.6) is 0 Å². The molecule has 2 aromatic carbocycles. The Kier molecular flexibility index (Phi) is 5.36. The lowest BCUT2D eigenvalue weighted by Crippen LogP contribution is -2.28. The summed E-state index contributed by atoms with van der Waals surface area (Å²) in [7, 11) is 0. The van der Waals surface area contributed by atoms with Crippen molar-refractivity contribution in [2.45, 2.75) is 19.1 Å². The van der Waals surface area contributed by atoms with E-state index in [-0.39, 0.29) is 6.04 Å². The van der Waals surface area contributed by atoms with Gasteiger partial charge in [-0.15, -0.1) is 0 Å². The smallest absolute Gasteiger partial charge is 0.0914 e. The molecule has 0 unspecified atom stereocenters. The zero-order chi connectivity index (χ0) is 16.8. The largest absolute Gasteiger partial charge is 0.387 e. The number of hydrogen-bond donors (Lipinski definition) is 2. The van der Waals surface area contributed by atoms with Crippen LogP contribution in [0, 0.1) is 6.92 Å². The van der Waals surface area contributed by atoms with Gasteiger partial charge in [-0.2, -0.15) is 0 Å².